The van der Waals surface area contributed by atoms with E-state index in [-0.39, 0.29) is 6.10 Å². The Bertz CT molecular complexity index is 647. The van der Waals surface area contributed by atoms with Crippen LogP contribution in [0.3, 0.4) is 0 Å². The lowest BCUT2D eigenvalue weighted by Crippen LogP contribution is -2.38. The van der Waals surface area contributed by atoms with Gasteiger partial charge in [-0.15, -0.1) is 0 Å². The van der Waals surface area contributed by atoms with Gasteiger partial charge in [-0.25, -0.2) is 5.43 Å². The molecule has 0 fully saturated rings. The molecule has 0 bridgehead atoms. The van der Waals surface area contributed by atoms with Gasteiger partial charge in [0.15, 0.2) is 0 Å². The monoisotopic (exact) mass is 381 g/mol. The molecular formula is C18H24ClN3O4. The maximum atomic E-state index is 11.7. The first-order chi connectivity index (χ1) is 12.4. The van der Waals surface area contributed by atoms with Crippen molar-refractivity contribution in [1.82, 2.24) is 10.7 Å². The van der Waals surface area contributed by atoms with E-state index in [2.05, 4.69) is 22.4 Å². The van der Waals surface area contributed by atoms with Gasteiger partial charge in [-0.3, -0.25) is 9.59 Å². The molecule has 0 aliphatic rings. The molecule has 0 aliphatic heterocycles. The topological polar surface area (TPSA) is 89.0 Å². The average molecular weight is 382 g/mol. The number of nitrogens with one attached hydrogen (secondary N) is 2. The van der Waals surface area contributed by atoms with Crippen LogP contribution in [0.15, 0.2) is 36.0 Å². The predicted molar refractivity (Wildman–Crippen MR) is 102 cm³/mol. The van der Waals surface area contributed by atoms with Gasteiger partial charge in [-0.2, -0.15) is 5.10 Å². The molecule has 0 saturated heterocycles. The molecule has 0 aromatic heterocycles. The molecule has 0 saturated carbocycles. The minimum Gasteiger partial charge on any atom is -0.489 e. The number of amides is 2. The van der Waals surface area contributed by atoms with E-state index in [0.29, 0.717) is 42.5 Å². The van der Waals surface area contributed by atoms with E-state index in [1.54, 1.807) is 24.3 Å². The van der Waals surface area contributed by atoms with Crippen molar-refractivity contribution in [2.24, 2.45) is 5.10 Å². The Morgan fingerprint density at radius 1 is 1.35 bits per heavy atom. The SMILES string of the molecule is C=CCOc1ccc(Cl)cc1/C=N\NC(=O)C(=O)NCCCOC(C)C. The van der Waals surface area contributed by atoms with Crippen LogP contribution in [-0.2, 0) is 14.3 Å². The fourth-order valence-electron chi connectivity index (χ4n) is 1.78. The maximum absolute atomic E-state index is 11.7. The normalized spacial score (nSPS) is 10.8. The molecule has 1 aromatic carbocycles. The highest BCUT2D eigenvalue weighted by molar-refractivity contribution is 6.35. The molecule has 2 amide bonds. The van der Waals surface area contributed by atoms with Crippen molar-refractivity contribution in [1.29, 1.82) is 0 Å². The highest BCUT2D eigenvalue weighted by atomic mass is 35.5. The minimum absolute atomic E-state index is 0.134. The second kappa shape index (κ2) is 12.1. The zero-order valence-electron chi connectivity index (χ0n) is 15.0. The molecule has 0 atom stereocenters. The average Bonchev–Trinajstić information content (AvgIpc) is 2.60. The Hall–Kier alpha value is -2.38. The van der Waals surface area contributed by atoms with Gasteiger partial charge in [-0.05, 0) is 38.5 Å². The van der Waals surface area contributed by atoms with E-state index in [4.69, 9.17) is 21.1 Å². The molecule has 0 radical (unpaired) electrons. The number of nitrogens with zero attached hydrogens (tertiary/aromatic N) is 1. The van der Waals surface area contributed by atoms with Gasteiger partial charge >= 0.3 is 11.8 Å². The largest absolute Gasteiger partial charge is 0.489 e. The van der Waals surface area contributed by atoms with E-state index < -0.39 is 11.8 Å². The van der Waals surface area contributed by atoms with Crippen LogP contribution in [-0.4, -0.2) is 43.9 Å². The molecule has 7 nitrogen and oxygen atoms in total. The highest BCUT2D eigenvalue weighted by Crippen LogP contribution is 2.21. The van der Waals surface area contributed by atoms with E-state index in [1.807, 2.05) is 13.8 Å². The van der Waals surface area contributed by atoms with E-state index in [1.165, 1.54) is 6.21 Å². The van der Waals surface area contributed by atoms with Crippen LogP contribution in [0.1, 0.15) is 25.8 Å². The van der Waals surface area contributed by atoms with Crippen LogP contribution >= 0.6 is 11.6 Å². The van der Waals surface area contributed by atoms with Gasteiger partial charge in [0.05, 0.1) is 12.3 Å². The first-order valence-electron chi connectivity index (χ1n) is 8.20. The lowest BCUT2D eigenvalue weighted by Gasteiger charge is -2.08. The van der Waals surface area contributed by atoms with Crippen LogP contribution in [0, 0.1) is 0 Å². The summed E-state index contributed by atoms with van der Waals surface area (Å²) in [5.74, 6) is -1.09. The molecule has 1 rings (SSSR count). The van der Waals surface area contributed by atoms with Crippen molar-refractivity contribution in [3.8, 4) is 5.75 Å². The molecule has 0 spiro atoms. The van der Waals surface area contributed by atoms with Gasteiger partial charge < -0.3 is 14.8 Å². The standard InChI is InChI=1S/C18H24ClN3O4/c1-4-9-26-16-7-6-15(19)11-14(16)12-21-22-18(24)17(23)20-8-5-10-25-13(2)3/h4,6-7,11-13H,1,5,8-10H2,2-3H3,(H,20,23)(H,22,24)/b21-12-. The summed E-state index contributed by atoms with van der Waals surface area (Å²) >= 11 is 5.95. The minimum atomic E-state index is -0.860. The Morgan fingerprint density at radius 2 is 2.12 bits per heavy atom. The lowest BCUT2D eigenvalue weighted by molar-refractivity contribution is -0.139. The molecule has 142 valence electrons. The van der Waals surface area contributed by atoms with Crippen molar-refractivity contribution in [2.75, 3.05) is 19.8 Å². The summed E-state index contributed by atoms with van der Waals surface area (Å²) in [4.78, 5) is 23.3. The van der Waals surface area contributed by atoms with Gasteiger partial charge in [0.1, 0.15) is 12.4 Å². The Balaban J connectivity index is 2.47. The van der Waals surface area contributed by atoms with Crippen molar-refractivity contribution in [2.45, 2.75) is 26.4 Å². The Labute approximate surface area is 158 Å². The predicted octanol–water partition coefficient (Wildman–Crippen LogP) is 2.29. The third-order valence-electron chi connectivity index (χ3n) is 2.96. The second-order valence-electron chi connectivity index (χ2n) is 5.51. The number of hydrogen-bond donors (Lipinski definition) is 2. The number of rotatable bonds is 10. The van der Waals surface area contributed by atoms with E-state index in [9.17, 15) is 9.59 Å². The maximum Gasteiger partial charge on any atom is 0.329 e. The summed E-state index contributed by atoms with van der Waals surface area (Å²) in [5.41, 5.74) is 2.72. The van der Waals surface area contributed by atoms with Crippen LogP contribution < -0.4 is 15.5 Å². The fraction of sp³-hybridized carbons (Fsp3) is 0.389. The summed E-state index contributed by atoms with van der Waals surface area (Å²) in [6.07, 6.45) is 3.71. The number of hydrogen-bond acceptors (Lipinski definition) is 5. The fourth-order valence-corrected chi connectivity index (χ4v) is 1.97. The first-order valence-corrected chi connectivity index (χ1v) is 8.58. The third kappa shape index (κ3) is 8.64. The third-order valence-corrected chi connectivity index (χ3v) is 3.20. The summed E-state index contributed by atoms with van der Waals surface area (Å²) in [7, 11) is 0. The highest BCUT2D eigenvalue weighted by Gasteiger charge is 2.11. The van der Waals surface area contributed by atoms with E-state index >= 15 is 0 Å². The van der Waals surface area contributed by atoms with Gasteiger partial charge in [0, 0.05) is 23.7 Å². The van der Waals surface area contributed by atoms with Crippen LogP contribution in [0.5, 0.6) is 5.75 Å². The molecule has 0 heterocycles. The van der Waals surface area contributed by atoms with Gasteiger partial charge in [0.25, 0.3) is 0 Å². The number of halogens is 1. The summed E-state index contributed by atoms with van der Waals surface area (Å²) in [5, 5.41) is 6.75. The van der Waals surface area contributed by atoms with Crippen molar-refractivity contribution in [3.63, 3.8) is 0 Å². The van der Waals surface area contributed by atoms with Crippen LogP contribution in [0.2, 0.25) is 5.02 Å². The molecule has 26 heavy (non-hydrogen) atoms. The smallest absolute Gasteiger partial charge is 0.329 e. The second-order valence-corrected chi connectivity index (χ2v) is 5.95. The van der Waals surface area contributed by atoms with Gasteiger partial charge in [-0.1, -0.05) is 24.3 Å². The number of ether oxygens (including phenoxy) is 2. The Kier molecular flexibility index (Phi) is 10.0. The molecule has 2 N–H and O–H groups in total. The summed E-state index contributed by atoms with van der Waals surface area (Å²) in [6.45, 7) is 8.61. The molecule has 8 heteroatoms. The van der Waals surface area contributed by atoms with Crippen LogP contribution in [0.25, 0.3) is 0 Å². The van der Waals surface area contributed by atoms with Crippen LogP contribution in [0.4, 0.5) is 0 Å². The summed E-state index contributed by atoms with van der Waals surface area (Å²) < 4.78 is 10.8. The number of benzene rings is 1. The number of carbonyl (C=O) groups excluding carboxylic acids is 2. The number of hydrazone groups is 1. The molecule has 0 aliphatic carbocycles. The van der Waals surface area contributed by atoms with Gasteiger partial charge in [0.2, 0.25) is 0 Å². The lowest BCUT2D eigenvalue weighted by atomic mass is 10.2. The zero-order valence-corrected chi connectivity index (χ0v) is 15.7. The van der Waals surface area contributed by atoms with Crippen molar-refractivity contribution >= 4 is 29.6 Å². The zero-order chi connectivity index (χ0) is 19.4. The summed E-state index contributed by atoms with van der Waals surface area (Å²) in [6, 6.07) is 4.98. The molecular weight excluding hydrogens is 358 g/mol. The van der Waals surface area contributed by atoms with Crippen molar-refractivity contribution < 1.29 is 19.1 Å². The number of carbonyl (C=O) groups is 2. The first kappa shape index (κ1) is 21.7. The quantitative estimate of drug-likeness (QED) is 0.214. The molecule has 0 unspecified atom stereocenters. The molecule has 1 aromatic rings. The van der Waals surface area contributed by atoms with E-state index in [0.717, 1.165) is 0 Å². The Morgan fingerprint density at radius 3 is 2.81 bits per heavy atom. The van der Waals surface area contributed by atoms with Crippen molar-refractivity contribution in [3.05, 3.63) is 41.4 Å².